The smallest absolute Gasteiger partial charge is 0.311 e. The van der Waals surface area contributed by atoms with Gasteiger partial charge in [0.2, 0.25) is 0 Å². The third-order valence-electron chi connectivity index (χ3n) is 6.95. The molecule has 1 fully saturated rings. The number of aliphatic hydroxyl groups is 1. The summed E-state index contributed by atoms with van der Waals surface area (Å²) < 4.78 is 38.8. The molecule has 1 N–H and O–H groups in total. The Morgan fingerprint density at radius 3 is 2.76 bits per heavy atom. The molecule has 3 aromatic heterocycles. The lowest BCUT2D eigenvalue weighted by Gasteiger charge is -2.43. The molecule has 4 bridgehead atoms. The highest BCUT2D eigenvalue weighted by Gasteiger charge is 2.51. The molecule has 2 aliphatic heterocycles. The number of halogens is 2. The highest BCUT2D eigenvalue weighted by Crippen LogP contribution is 2.48. The fourth-order valence-corrected chi connectivity index (χ4v) is 4.98. The molecule has 168 valence electrons. The minimum atomic E-state index is -3.51. The summed E-state index contributed by atoms with van der Waals surface area (Å²) in [5.74, 6) is -4.08. The number of pyridine rings is 1. The van der Waals surface area contributed by atoms with E-state index < -0.39 is 28.7 Å². The first-order chi connectivity index (χ1) is 15.7. The van der Waals surface area contributed by atoms with Crippen LogP contribution in [0, 0.1) is 19.8 Å². The number of aromatic nitrogens is 5. The van der Waals surface area contributed by atoms with Crippen molar-refractivity contribution < 1.29 is 18.6 Å². The predicted molar refractivity (Wildman–Crippen MR) is 117 cm³/mol. The Hall–Kier alpha value is -3.30. The number of ether oxygens (including phenoxy) is 1. The first-order valence-electron chi connectivity index (χ1n) is 10.7. The number of benzene rings is 1. The Labute approximate surface area is 187 Å². The van der Waals surface area contributed by atoms with Gasteiger partial charge >= 0.3 is 5.92 Å². The second kappa shape index (κ2) is 6.61. The van der Waals surface area contributed by atoms with E-state index in [0.717, 1.165) is 11.1 Å². The van der Waals surface area contributed by atoms with Crippen LogP contribution in [-0.2, 0) is 16.3 Å². The first kappa shape index (κ1) is 20.3. The van der Waals surface area contributed by atoms with Crippen LogP contribution < -0.4 is 0 Å². The van der Waals surface area contributed by atoms with Gasteiger partial charge in [-0.2, -0.15) is 8.78 Å². The Morgan fingerprint density at radius 1 is 1.12 bits per heavy atom. The van der Waals surface area contributed by atoms with Crippen LogP contribution in [0.25, 0.3) is 28.2 Å². The molecule has 33 heavy (non-hydrogen) atoms. The molecule has 5 heterocycles. The van der Waals surface area contributed by atoms with Gasteiger partial charge in [0.25, 0.3) is 0 Å². The van der Waals surface area contributed by atoms with Crippen molar-refractivity contribution >= 4 is 16.8 Å². The zero-order valence-electron chi connectivity index (χ0n) is 18.1. The topological polar surface area (TPSA) is 85.4 Å². The Balaban J connectivity index is 1.79. The molecule has 2 unspecified atom stereocenters. The van der Waals surface area contributed by atoms with E-state index in [-0.39, 0.29) is 25.3 Å². The van der Waals surface area contributed by atoms with E-state index in [1.54, 1.807) is 17.4 Å². The third-order valence-corrected chi connectivity index (χ3v) is 6.95. The molecule has 2 aliphatic rings. The van der Waals surface area contributed by atoms with Gasteiger partial charge in [0.05, 0.1) is 12.3 Å². The Bertz CT molecular complexity index is 1480. The van der Waals surface area contributed by atoms with Crippen LogP contribution >= 0.6 is 0 Å². The summed E-state index contributed by atoms with van der Waals surface area (Å²) in [5.41, 5.74) is 1.41. The Morgan fingerprint density at radius 2 is 1.94 bits per heavy atom. The maximum absolute atomic E-state index is 15.8. The molecule has 0 amide bonds. The van der Waals surface area contributed by atoms with Crippen LogP contribution in [0.1, 0.15) is 28.9 Å². The normalized spacial score (nSPS) is 24.2. The van der Waals surface area contributed by atoms with E-state index >= 15 is 8.78 Å². The highest BCUT2D eigenvalue weighted by molar-refractivity contribution is 5.79. The van der Waals surface area contributed by atoms with Gasteiger partial charge in [-0.05, 0) is 43.2 Å². The van der Waals surface area contributed by atoms with E-state index in [2.05, 4.69) is 26.7 Å². The van der Waals surface area contributed by atoms with Crippen LogP contribution in [0.2, 0.25) is 0 Å². The average molecular weight is 449 g/mol. The van der Waals surface area contributed by atoms with Gasteiger partial charge in [0.15, 0.2) is 17.1 Å². The van der Waals surface area contributed by atoms with E-state index in [4.69, 9.17) is 4.74 Å². The average Bonchev–Trinajstić information content (AvgIpc) is 3.24. The molecular weight excluding hydrogens is 428 g/mol. The van der Waals surface area contributed by atoms with Crippen molar-refractivity contribution in [2.45, 2.75) is 31.8 Å². The van der Waals surface area contributed by atoms with Crippen LogP contribution in [0.3, 0.4) is 0 Å². The van der Waals surface area contributed by atoms with E-state index in [1.165, 1.54) is 12.1 Å². The van der Waals surface area contributed by atoms with E-state index in [9.17, 15) is 5.11 Å². The van der Waals surface area contributed by atoms with Crippen molar-refractivity contribution in [2.24, 2.45) is 5.92 Å². The second-order valence-electron chi connectivity index (χ2n) is 8.85. The number of nitrogens with zero attached hydrogens (tertiary/aromatic N) is 5. The number of aryl methyl sites for hydroxylation is 2. The number of hydrogen-bond acceptors (Lipinski definition) is 6. The fraction of sp³-hybridized carbons (Fsp3) is 0.333. The van der Waals surface area contributed by atoms with Crippen molar-refractivity contribution in [1.82, 2.24) is 24.6 Å². The molecule has 0 aliphatic carbocycles. The van der Waals surface area contributed by atoms with Gasteiger partial charge in [0, 0.05) is 30.1 Å². The van der Waals surface area contributed by atoms with Gasteiger partial charge in [-0.25, -0.2) is 9.97 Å². The van der Waals surface area contributed by atoms with Gasteiger partial charge < -0.3 is 9.84 Å². The number of fused-ring (bicyclic) bond motifs is 6. The standard InChI is InChI=1S/C24H21F2N5O2/c1-12-4-5-15-10-16(12)21-30-29-20-14(3)27-18-6-7-19(28-22(18)31(20)21)24(25,26)13(2)17-11-33-9-8-23(15,17)32/h4-7,10,17,32H,2,8-9,11H2,1,3H3. The number of rotatable bonds is 0. The van der Waals surface area contributed by atoms with Crippen LogP contribution in [0.5, 0.6) is 0 Å². The van der Waals surface area contributed by atoms with Crippen molar-refractivity contribution in [1.29, 1.82) is 0 Å². The zero-order valence-corrected chi connectivity index (χ0v) is 18.1. The summed E-state index contributed by atoms with van der Waals surface area (Å²) in [4.78, 5) is 8.84. The van der Waals surface area contributed by atoms with Crippen LogP contribution in [0.4, 0.5) is 8.78 Å². The largest absolute Gasteiger partial charge is 0.384 e. The van der Waals surface area contributed by atoms with Crippen molar-refractivity contribution in [2.75, 3.05) is 13.2 Å². The van der Waals surface area contributed by atoms with Crippen LogP contribution in [-0.4, -0.2) is 42.9 Å². The number of hydrogen-bond donors (Lipinski definition) is 1. The van der Waals surface area contributed by atoms with Crippen molar-refractivity contribution in [3.8, 4) is 11.4 Å². The minimum Gasteiger partial charge on any atom is -0.384 e. The molecule has 0 radical (unpaired) electrons. The SMILES string of the molecule is C=C1C2COCCC2(O)c2ccc(C)c(c2)-c2nnc3c(C)nc4ccc(nc4n23)C1(F)F. The summed E-state index contributed by atoms with van der Waals surface area (Å²) in [6.07, 6.45) is 0.163. The van der Waals surface area contributed by atoms with Crippen LogP contribution in [0.15, 0.2) is 42.5 Å². The molecule has 6 rings (SSSR count). The maximum Gasteiger partial charge on any atom is 0.311 e. The van der Waals surface area contributed by atoms with Gasteiger partial charge in [0.1, 0.15) is 16.8 Å². The quantitative estimate of drug-likeness (QED) is 0.411. The second-order valence-corrected chi connectivity index (χ2v) is 8.85. The molecule has 9 heteroatoms. The lowest BCUT2D eigenvalue weighted by atomic mass is 9.72. The molecule has 2 atom stereocenters. The maximum atomic E-state index is 15.8. The monoisotopic (exact) mass is 449 g/mol. The lowest BCUT2D eigenvalue weighted by Crippen LogP contribution is -2.46. The van der Waals surface area contributed by atoms with Gasteiger partial charge in [-0.15, -0.1) is 10.2 Å². The van der Waals surface area contributed by atoms with Crippen molar-refractivity contribution in [3.05, 3.63) is 65.0 Å². The van der Waals surface area contributed by atoms with Crippen molar-refractivity contribution in [3.63, 3.8) is 0 Å². The summed E-state index contributed by atoms with van der Waals surface area (Å²) >= 11 is 0. The summed E-state index contributed by atoms with van der Waals surface area (Å²) in [6, 6.07) is 8.22. The molecule has 4 aromatic rings. The van der Waals surface area contributed by atoms with Gasteiger partial charge in [-0.3, -0.25) is 4.40 Å². The molecule has 1 aromatic carbocycles. The fourth-order valence-electron chi connectivity index (χ4n) is 4.98. The molecule has 0 spiro atoms. The molecule has 1 saturated heterocycles. The highest BCUT2D eigenvalue weighted by atomic mass is 19.3. The Kier molecular flexibility index (Phi) is 4.07. The predicted octanol–water partition coefficient (Wildman–Crippen LogP) is 3.84. The van der Waals surface area contributed by atoms with Gasteiger partial charge in [-0.1, -0.05) is 18.7 Å². The summed E-state index contributed by atoms with van der Waals surface area (Å²) in [7, 11) is 0. The lowest BCUT2D eigenvalue weighted by molar-refractivity contribution is -0.121. The zero-order chi connectivity index (χ0) is 23.1. The van der Waals surface area contributed by atoms with E-state index in [0.29, 0.717) is 28.2 Å². The van der Waals surface area contributed by atoms with E-state index in [1.807, 2.05) is 19.1 Å². The summed E-state index contributed by atoms with van der Waals surface area (Å²) in [6.45, 7) is 7.65. The molecule has 7 nitrogen and oxygen atoms in total. The molecule has 0 saturated carbocycles. The molecular formula is C24H21F2N5O2. The minimum absolute atomic E-state index is 0.0666. The third kappa shape index (κ3) is 2.66. The summed E-state index contributed by atoms with van der Waals surface area (Å²) in [5, 5.41) is 20.5. The number of alkyl halides is 2. The first-order valence-corrected chi connectivity index (χ1v) is 10.7.